The van der Waals surface area contributed by atoms with Gasteiger partial charge in [0.1, 0.15) is 16.6 Å². The van der Waals surface area contributed by atoms with Gasteiger partial charge in [-0.15, -0.1) is 0 Å². The summed E-state index contributed by atoms with van der Waals surface area (Å²) < 4.78 is 0. The number of nitrogens with one attached hydrogen (secondary N) is 2. The topological polar surface area (TPSA) is 111 Å². The first-order valence-corrected chi connectivity index (χ1v) is 9.84. The van der Waals surface area contributed by atoms with Crippen molar-refractivity contribution in [3.8, 4) is 0 Å². The fourth-order valence-electron chi connectivity index (χ4n) is 4.32. The smallest absolute Gasteiger partial charge is 0.325 e. The van der Waals surface area contributed by atoms with Crippen molar-refractivity contribution in [3.63, 3.8) is 0 Å². The van der Waals surface area contributed by atoms with Crippen LogP contribution in [-0.2, 0) is 11.3 Å². The average Bonchev–Trinajstić information content (AvgIpc) is 3.33. The quantitative estimate of drug-likeness (QED) is 0.645. The minimum Gasteiger partial charge on any atom is -0.338 e. The molecule has 5 rings (SSSR count). The largest absolute Gasteiger partial charge is 0.338 e. The number of nitrogens with zero attached hydrogens (tertiary/aromatic N) is 4. The van der Waals surface area contributed by atoms with Crippen molar-refractivity contribution in [1.82, 2.24) is 30.5 Å². The van der Waals surface area contributed by atoms with Gasteiger partial charge >= 0.3 is 6.03 Å². The number of fused-ring (bicyclic) bond motifs is 1. The van der Waals surface area contributed by atoms with Gasteiger partial charge in [0.2, 0.25) is 0 Å². The molecule has 9 nitrogen and oxygen atoms in total. The van der Waals surface area contributed by atoms with Crippen LogP contribution >= 0.6 is 0 Å². The van der Waals surface area contributed by atoms with E-state index in [0.29, 0.717) is 49.1 Å². The molecule has 1 aromatic heterocycles. The number of hydrogen-bond acceptors (Lipinski definition) is 5. The summed E-state index contributed by atoms with van der Waals surface area (Å²) in [7, 11) is 0. The maximum absolute atomic E-state index is 13.0. The molecule has 0 aliphatic carbocycles. The molecule has 0 saturated carbocycles. The number of amides is 4. The highest BCUT2D eigenvalue weighted by atomic mass is 16.2. The lowest BCUT2D eigenvalue weighted by atomic mass is 9.85. The summed E-state index contributed by atoms with van der Waals surface area (Å²) in [5.74, 6) is -0.395. The van der Waals surface area contributed by atoms with Crippen LogP contribution in [0.1, 0.15) is 28.8 Å². The standard InChI is InChI=1S/C21H20N6O3/c28-18(15-6-7-16-17(12-15)24-25-23-16)26-10-8-21(9-11-26)19(29)22-20(30)27(21)13-14-4-2-1-3-5-14/h1-7,12H,8-11,13H2,(H,22,29,30)(H,23,24,25). The zero-order chi connectivity index (χ0) is 20.7. The van der Waals surface area contributed by atoms with Gasteiger partial charge in [0.15, 0.2) is 0 Å². The zero-order valence-corrected chi connectivity index (χ0v) is 16.2. The van der Waals surface area contributed by atoms with Gasteiger partial charge in [-0.1, -0.05) is 30.3 Å². The summed E-state index contributed by atoms with van der Waals surface area (Å²) in [5.41, 5.74) is 1.90. The predicted octanol–water partition coefficient (Wildman–Crippen LogP) is 1.68. The Labute approximate surface area is 172 Å². The Morgan fingerprint density at radius 3 is 2.50 bits per heavy atom. The SMILES string of the molecule is O=C(c1ccc2n[nH]nc2c1)N1CCC2(CC1)C(=O)NC(=O)N2Cc1ccccc1. The van der Waals surface area contributed by atoms with E-state index in [1.54, 1.807) is 28.0 Å². The molecule has 4 amide bonds. The molecule has 1 spiro atoms. The first-order chi connectivity index (χ1) is 14.6. The van der Waals surface area contributed by atoms with Crippen LogP contribution in [0.15, 0.2) is 48.5 Å². The number of likely N-dealkylation sites (tertiary alicyclic amines) is 1. The first-order valence-electron chi connectivity index (χ1n) is 9.84. The number of carbonyl (C=O) groups is 3. The van der Waals surface area contributed by atoms with E-state index in [4.69, 9.17) is 0 Å². The van der Waals surface area contributed by atoms with Crippen LogP contribution in [-0.4, -0.2) is 61.7 Å². The van der Waals surface area contributed by atoms with Crippen molar-refractivity contribution in [2.24, 2.45) is 0 Å². The van der Waals surface area contributed by atoms with Crippen LogP contribution in [0.4, 0.5) is 4.79 Å². The van der Waals surface area contributed by atoms with Crippen LogP contribution in [0.3, 0.4) is 0 Å². The summed E-state index contributed by atoms with van der Waals surface area (Å²) in [6, 6.07) is 14.4. The molecular weight excluding hydrogens is 384 g/mol. The average molecular weight is 404 g/mol. The Hall–Kier alpha value is -3.75. The zero-order valence-electron chi connectivity index (χ0n) is 16.2. The summed E-state index contributed by atoms with van der Waals surface area (Å²) in [4.78, 5) is 41.5. The van der Waals surface area contributed by atoms with E-state index < -0.39 is 5.54 Å². The van der Waals surface area contributed by atoms with Crippen molar-refractivity contribution >= 4 is 28.9 Å². The van der Waals surface area contributed by atoms with Gasteiger partial charge in [-0.3, -0.25) is 14.9 Å². The summed E-state index contributed by atoms with van der Waals surface area (Å²) in [5, 5.41) is 13.0. The molecule has 152 valence electrons. The van der Waals surface area contributed by atoms with E-state index in [1.165, 1.54) is 0 Å². The molecule has 0 atom stereocenters. The van der Waals surface area contributed by atoms with E-state index in [0.717, 1.165) is 5.56 Å². The second kappa shape index (κ2) is 6.94. The third-order valence-corrected chi connectivity index (χ3v) is 6.03. The minimum absolute atomic E-state index is 0.117. The maximum atomic E-state index is 13.0. The highest BCUT2D eigenvalue weighted by Gasteiger charge is 2.54. The molecule has 2 aliphatic rings. The number of hydrogen-bond donors (Lipinski definition) is 2. The molecule has 2 saturated heterocycles. The van der Waals surface area contributed by atoms with Gasteiger partial charge in [0, 0.05) is 25.2 Å². The third kappa shape index (κ3) is 2.90. The number of aromatic nitrogens is 3. The highest BCUT2D eigenvalue weighted by Crippen LogP contribution is 2.35. The lowest BCUT2D eigenvalue weighted by molar-refractivity contribution is -0.129. The van der Waals surface area contributed by atoms with Gasteiger partial charge in [-0.2, -0.15) is 15.4 Å². The predicted molar refractivity (Wildman–Crippen MR) is 107 cm³/mol. The van der Waals surface area contributed by atoms with Crippen LogP contribution < -0.4 is 5.32 Å². The van der Waals surface area contributed by atoms with Gasteiger partial charge in [0.05, 0.1) is 0 Å². The van der Waals surface area contributed by atoms with E-state index in [1.807, 2.05) is 30.3 Å². The molecule has 0 bridgehead atoms. The van der Waals surface area contributed by atoms with Crippen LogP contribution in [0.5, 0.6) is 0 Å². The number of imide groups is 1. The highest BCUT2D eigenvalue weighted by molar-refractivity contribution is 6.07. The molecule has 0 radical (unpaired) electrons. The number of rotatable bonds is 3. The molecule has 3 aromatic rings. The van der Waals surface area contributed by atoms with Crippen LogP contribution in [0, 0.1) is 0 Å². The van der Waals surface area contributed by atoms with Gasteiger partial charge in [-0.25, -0.2) is 4.79 Å². The van der Waals surface area contributed by atoms with Crippen molar-refractivity contribution in [1.29, 1.82) is 0 Å². The Balaban J connectivity index is 1.34. The lowest BCUT2D eigenvalue weighted by Crippen LogP contribution is -2.57. The number of benzene rings is 2. The van der Waals surface area contributed by atoms with E-state index in [2.05, 4.69) is 20.7 Å². The number of H-pyrrole nitrogens is 1. The molecule has 2 N–H and O–H groups in total. The normalized spacial score (nSPS) is 18.3. The van der Waals surface area contributed by atoms with E-state index >= 15 is 0 Å². The number of aromatic amines is 1. The Kier molecular flexibility index (Phi) is 4.23. The summed E-state index contributed by atoms with van der Waals surface area (Å²) in [6.07, 6.45) is 0.796. The molecule has 30 heavy (non-hydrogen) atoms. The summed E-state index contributed by atoms with van der Waals surface area (Å²) in [6.45, 7) is 1.14. The maximum Gasteiger partial charge on any atom is 0.325 e. The molecule has 9 heteroatoms. The van der Waals surface area contributed by atoms with Gasteiger partial charge in [-0.05, 0) is 36.6 Å². The Bertz CT molecular complexity index is 1130. The minimum atomic E-state index is -0.917. The molecular formula is C21H20N6O3. The van der Waals surface area contributed by atoms with Crippen molar-refractivity contribution < 1.29 is 14.4 Å². The van der Waals surface area contributed by atoms with Gasteiger partial charge < -0.3 is 9.80 Å². The third-order valence-electron chi connectivity index (χ3n) is 6.03. The Morgan fingerprint density at radius 2 is 1.73 bits per heavy atom. The molecule has 0 unspecified atom stereocenters. The van der Waals surface area contributed by atoms with Gasteiger partial charge in [0.25, 0.3) is 11.8 Å². The molecule has 3 heterocycles. The van der Waals surface area contributed by atoms with E-state index in [9.17, 15) is 14.4 Å². The fourth-order valence-corrected chi connectivity index (χ4v) is 4.32. The number of carbonyl (C=O) groups excluding carboxylic acids is 3. The lowest BCUT2D eigenvalue weighted by Gasteiger charge is -2.42. The molecule has 2 fully saturated rings. The second-order valence-corrected chi connectivity index (χ2v) is 7.68. The van der Waals surface area contributed by atoms with Crippen LogP contribution in [0.2, 0.25) is 0 Å². The van der Waals surface area contributed by atoms with E-state index in [-0.39, 0.29) is 17.8 Å². The number of urea groups is 1. The first kappa shape index (κ1) is 18.3. The van der Waals surface area contributed by atoms with Crippen molar-refractivity contribution in [3.05, 3.63) is 59.7 Å². The van der Waals surface area contributed by atoms with Crippen LogP contribution in [0.25, 0.3) is 11.0 Å². The number of piperidine rings is 1. The molecule has 2 aromatic carbocycles. The van der Waals surface area contributed by atoms with Crippen molar-refractivity contribution in [2.75, 3.05) is 13.1 Å². The Morgan fingerprint density at radius 1 is 1.00 bits per heavy atom. The molecule has 2 aliphatic heterocycles. The second-order valence-electron chi connectivity index (χ2n) is 7.68. The van der Waals surface area contributed by atoms with Crippen molar-refractivity contribution in [2.45, 2.75) is 24.9 Å². The summed E-state index contributed by atoms with van der Waals surface area (Å²) >= 11 is 0. The fraction of sp³-hybridized carbons (Fsp3) is 0.286. The monoisotopic (exact) mass is 404 g/mol.